The van der Waals surface area contributed by atoms with E-state index in [1.54, 1.807) is 6.20 Å². The van der Waals surface area contributed by atoms with Crippen LogP contribution in [0.1, 0.15) is 30.0 Å². The van der Waals surface area contributed by atoms with Crippen molar-refractivity contribution in [2.24, 2.45) is 5.84 Å². The third kappa shape index (κ3) is 3.59. The lowest BCUT2D eigenvalue weighted by Crippen LogP contribution is -2.31. The molecule has 1 unspecified atom stereocenters. The van der Waals surface area contributed by atoms with Gasteiger partial charge in [0.1, 0.15) is 5.82 Å². The van der Waals surface area contributed by atoms with Crippen molar-refractivity contribution in [3.8, 4) is 0 Å². The highest BCUT2D eigenvalue weighted by atomic mass is 19.4. The van der Waals surface area contributed by atoms with Gasteiger partial charge in [-0.25, -0.2) is 4.98 Å². The molecule has 0 fully saturated rings. The summed E-state index contributed by atoms with van der Waals surface area (Å²) in [6, 6.07) is 1.92. The lowest BCUT2D eigenvalue weighted by atomic mass is 10.1. The van der Waals surface area contributed by atoms with Crippen LogP contribution < -0.4 is 11.3 Å². The highest BCUT2D eigenvalue weighted by Crippen LogP contribution is 2.29. The maximum atomic E-state index is 12.5. The average Bonchev–Trinajstić information content (AvgIpc) is 2.91. The molecule has 0 bridgehead atoms. The van der Waals surface area contributed by atoms with Gasteiger partial charge in [0.15, 0.2) is 0 Å². The van der Waals surface area contributed by atoms with Crippen LogP contribution >= 0.6 is 0 Å². The number of rotatable bonds is 5. The third-order valence-electron chi connectivity index (χ3n) is 3.20. The standard InChI is InChI=1S/C13H16F3N5/c1-2-21-6-5-18-12(21)7-11(20-17)10-4-3-9(8-19-10)13(14,15)16/h3-6,8,11,20H,2,7,17H2,1H3. The number of hydrogen-bond donors (Lipinski definition) is 2. The number of nitrogens with two attached hydrogens (primary N) is 1. The molecule has 0 radical (unpaired) electrons. The summed E-state index contributed by atoms with van der Waals surface area (Å²) < 4.78 is 39.5. The second kappa shape index (κ2) is 6.23. The fourth-order valence-corrected chi connectivity index (χ4v) is 2.03. The summed E-state index contributed by atoms with van der Waals surface area (Å²) in [7, 11) is 0. The first-order valence-corrected chi connectivity index (χ1v) is 6.45. The van der Waals surface area contributed by atoms with E-state index in [0.29, 0.717) is 12.1 Å². The smallest absolute Gasteiger partial charge is 0.335 e. The minimum atomic E-state index is -4.39. The Bertz CT molecular complexity index is 576. The van der Waals surface area contributed by atoms with Gasteiger partial charge in [-0.1, -0.05) is 0 Å². The van der Waals surface area contributed by atoms with Gasteiger partial charge >= 0.3 is 6.18 Å². The molecule has 0 saturated carbocycles. The van der Waals surface area contributed by atoms with Gasteiger partial charge in [-0.15, -0.1) is 0 Å². The largest absolute Gasteiger partial charge is 0.417 e. The van der Waals surface area contributed by atoms with Crippen molar-refractivity contribution in [1.82, 2.24) is 20.0 Å². The van der Waals surface area contributed by atoms with Crippen LogP contribution in [0, 0.1) is 0 Å². The van der Waals surface area contributed by atoms with Crippen LogP contribution in [0.25, 0.3) is 0 Å². The molecule has 1 atom stereocenters. The van der Waals surface area contributed by atoms with Gasteiger partial charge in [0, 0.05) is 31.6 Å². The second-order valence-electron chi connectivity index (χ2n) is 4.52. The molecular weight excluding hydrogens is 283 g/mol. The summed E-state index contributed by atoms with van der Waals surface area (Å²) in [5.74, 6) is 6.28. The van der Waals surface area contributed by atoms with E-state index in [0.717, 1.165) is 24.6 Å². The van der Waals surface area contributed by atoms with Crippen LogP contribution in [-0.4, -0.2) is 14.5 Å². The number of aryl methyl sites for hydroxylation is 1. The monoisotopic (exact) mass is 299 g/mol. The summed E-state index contributed by atoms with van der Waals surface area (Å²) in [6.45, 7) is 2.74. The zero-order chi connectivity index (χ0) is 15.5. The molecule has 5 nitrogen and oxygen atoms in total. The summed E-state index contributed by atoms with van der Waals surface area (Å²) in [5, 5.41) is 0. The number of nitrogens with one attached hydrogen (secondary N) is 1. The molecule has 2 aromatic heterocycles. The molecule has 0 aromatic carbocycles. The van der Waals surface area contributed by atoms with Crippen LogP contribution in [-0.2, 0) is 19.1 Å². The molecule has 0 amide bonds. The van der Waals surface area contributed by atoms with E-state index in [4.69, 9.17) is 5.84 Å². The molecule has 8 heteroatoms. The Morgan fingerprint density at radius 3 is 2.62 bits per heavy atom. The van der Waals surface area contributed by atoms with Crippen molar-refractivity contribution in [1.29, 1.82) is 0 Å². The summed E-state index contributed by atoms with van der Waals surface area (Å²) >= 11 is 0. The summed E-state index contributed by atoms with van der Waals surface area (Å²) in [4.78, 5) is 8.07. The third-order valence-corrected chi connectivity index (χ3v) is 3.20. The number of alkyl halides is 3. The molecule has 2 heterocycles. The SMILES string of the molecule is CCn1ccnc1CC(NN)c1ccc(C(F)(F)F)cn1. The van der Waals surface area contributed by atoms with Gasteiger partial charge in [0.2, 0.25) is 0 Å². The number of imidazole rings is 1. The molecule has 0 spiro atoms. The van der Waals surface area contributed by atoms with E-state index in [2.05, 4.69) is 15.4 Å². The van der Waals surface area contributed by atoms with Crippen LogP contribution in [0.2, 0.25) is 0 Å². The van der Waals surface area contributed by atoms with E-state index >= 15 is 0 Å². The topological polar surface area (TPSA) is 68.8 Å². The molecule has 0 aliphatic heterocycles. The number of hydrogen-bond acceptors (Lipinski definition) is 4. The minimum Gasteiger partial charge on any atom is -0.335 e. The number of hydrazine groups is 1. The number of aromatic nitrogens is 3. The van der Waals surface area contributed by atoms with Crippen LogP contribution in [0.5, 0.6) is 0 Å². The summed E-state index contributed by atoms with van der Waals surface area (Å²) in [6.07, 6.45) is 0.368. The van der Waals surface area contributed by atoms with Crippen molar-refractivity contribution in [2.75, 3.05) is 0 Å². The Labute approximate surface area is 120 Å². The maximum Gasteiger partial charge on any atom is 0.417 e. The number of pyridine rings is 1. The molecule has 0 aliphatic rings. The maximum absolute atomic E-state index is 12.5. The van der Waals surface area contributed by atoms with Crippen molar-refractivity contribution < 1.29 is 13.2 Å². The van der Waals surface area contributed by atoms with E-state index < -0.39 is 17.8 Å². The normalized spacial score (nSPS) is 13.4. The Balaban J connectivity index is 2.18. The lowest BCUT2D eigenvalue weighted by Gasteiger charge is -2.16. The first-order valence-electron chi connectivity index (χ1n) is 6.45. The number of halogens is 3. The molecule has 0 aliphatic carbocycles. The molecule has 114 valence electrons. The van der Waals surface area contributed by atoms with Gasteiger partial charge in [-0.2, -0.15) is 13.2 Å². The van der Waals surface area contributed by atoms with E-state index in [9.17, 15) is 13.2 Å². The van der Waals surface area contributed by atoms with Gasteiger partial charge in [0.25, 0.3) is 0 Å². The Morgan fingerprint density at radius 1 is 1.33 bits per heavy atom. The lowest BCUT2D eigenvalue weighted by molar-refractivity contribution is -0.137. The predicted molar refractivity (Wildman–Crippen MR) is 70.9 cm³/mol. The summed E-state index contributed by atoms with van der Waals surface area (Å²) in [5.41, 5.74) is 2.23. The zero-order valence-electron chi connectivity index (χ0n) is 11.4. The van der Waals surface area contributed by atoms with Crippen molar-refractivity contribution in [3.63, 3.8) is 0 Å². The van der Waals surface area contributed by atoms with Crippen LogP contribution in [0.15, 0.2) is 30.7 Å². The van der Waals surface area contributed by atoms with Gasteiger partial charge in [0.05, 0.1) is 17.3 Å². The predicted octanol–water partition coefficient (Wildman–Crippen LogP) is 2.06. The Morgan fingerprint density at radius 2 is 2.10 bits per heavy atom. The number of nitrogens with zero attached hydrogens (tertiary/aromatic N) is 3. The Hall–Kier alpha value is -1.93. The van der Waals surface area contributed by atoms with E-state index in [1.807, 2.05) is 17.7 Å². The molecule has 21 heavy (non-hydrogen) atoms. The molecular formula is C13H16F3N5. The van der Waals surface area contributed by atoms with Crippen molar-refractivity contribution in [2.45, 2.75) is 32.1 Å². The quantitative estimate of drug-likeness (QED) is 0.655. The first-order chi connectivity index (χ1) is 9.95. The highest BCUT2D eigenvalue weighted by Gasteiger charge is 2.31. The van der Waals surface area contributed by atoms with Crippen molar-refractivity contribution in [3.05, 3.63) is 47.8 Å². The Kier molecular flexibility index (Phi) is 4.59. The van der Waals surface area contributed by atoms with Crippen LogP contribution in [0.3, 0.4) is 0 Å². The van der Waals surface area contributed by atoms with E-state index in [-0.39, 0.29) is 0 Å². The van der Waals surface area contributed by atoms with Crippen molar-refractivity contribution >= 4 is 0 Å². The molecule has 0 saturated heterocycles. The minimum absolute atomic E-state index is 0.403. The van der Waals surface area contributed by atoms with Gasteiger partial charge in [-0.05, 0) is 19.1 Å². The molecule has 2 aromatic rings. The van der Waals surface area contributed by atoms with Crippen LogP contribution in [0.4, 0.5) is 13.2 Å². The average molecular weight is 299 g/mol. The van der Waals surface area contributed by atoms with Gasteiger partial charge < -0.3 is 4.57 Å². The fraction of sp³-hybridized carbons (Fsp3) is 0.385. The second-order valence-corrected chi connectivity index (χ2v) is 4.52. The zero-order valence-corrected chi connectivity index (χ0v) is 11.4. The van der Waals surface area contributed by atoms with E-state index in [1.165, 1.54) is 6.07 Å². The van der Waals surface area contributed by atoms with Gasteiger partial charge in [-0.3, -0.25) is 16.3 Å². The fourth-order valence-electron chi connectivity index (χ4n) is 2.03. The highest BCUT2D eigenvalue weighted by molar-refractivity contribution is 5.19. The molecule has 3 N–H and O–H groups in total. The molecule has 2 rings (SSSR count). The first kappa shape index (κ1) is 15.5.